The Hall–Kier alpha value is -2.17. The molecule has 2 aromatic rings. The van der Waals surface area contributed by atoms with Crippen LogP contribution in [0.2, 0.25) is 0 Å². The first-order valence-corrected chi connectivity index (χ1v) is 7.47. The Bertz CT molecular complexity index is 730. The number of amides is 1. The molecule has 1 fully saturated rings. The number of carbonyl (C=O) groups excluding carboxylic acids is 1. The lowest BCUT2D eigenvalue weighted by Crippen LogP contribution is -2.36. The molecule has 21 heavy (non-hydrogen) atoms. The lowest BCUT2D eigenvalue weighted by Gasteiger charge is -2.18. The third kappa shape index (κ3) is 2.55. The average Bonchev–Trinajstić information content (AvgIpc) is 3.04. The van der Waals surface area contributed by atoms with Crippen molar-refractivity contribution in [2.45, 2.75) is 32.7 Å². The number of fused-ring (bicyclic) bond motifs is 1. The summed E-state index contributed by atoms with van der Waals surface area (Å²) in [6, 6.07) is 7.29. The van der Waals surface area contributed by atoms with Gasteiger partial charge >= 0.3 is 0 Å². The van der Waals surface area contributed by atoms with Crippen molar-refractivity contribution in [3.63, 3.8) is 0 Å². The molecule has 1 aliphatic heterocycles. The Morgan fingerprint density at radius 3 is 2.67 bits per heavy atom. The van der Waals surface area contributed by atoms with E-state index in [-0.39, 0.29) is 18.0 Å². The topological polar surface area (TPSA) is 55.2 Å². The van der Waals surface area contributed by atoms with Crippen molar-refractivity contribution in [3.8, 4) is 0 Å². The van der Waals surface area contributed by atoms with E-state index in [1.807, 2.05) is 30.0 Å². The van der Waals surface area contributed by atoms with Crippen LogP contribution in [0.4, 0.5) is 0 Å². The maximum atomic E-state index is 12.6. The van der Waals surface area contributed by atoms with E-state index < -0.39 is 0 Å². The first kappa shape index (κ1) is 13.8. The van der Waals surface area contributed by atoms with Gasteiger partial charge in [0.15, 0.2) is 0 Å². The number of likely N-dealkylation sites (tertiary alicyclic amines) is 1. The van der Waals surface area contributed by atoms with Crippen molar-refractivity contribution >= 4 is 16.8 Å². The summed E-state index contributed by atoms with van der Waals surface area (Å²) in [6.07, 6.45) is 2.74. The number of hydrogen-bond acceptors (Lipinski definition) is 3. The molecule has 0 bridgehead atoms. The normalized spacial score (nSPS) is 14.8. The minimum absolute atomic E-state index is 0.0152. The van der Waals surface area contributed by atoms with Crippen LogP contribution in [-0.2, 0) is 17.8 Å². The highest BCUT2D eigenvalue weighted by Crippen LogP contribution is 2.11. The predicted molar refractivity (Wildman–Crippen MR) is 81.2 cm³/mol. The van der Waals surface area contributed by atoms with Gasteiger partial charge in [0.2, 0.25) is 5.91 Å². The van der Waals surface area contributed by atoms with Crippen LogP contribution in [0.25, 0.3) is 10.9 Å². The van der Waals surface area contributed by atoms with Crippen molar-refractivity contribution in [2.24, 2.45) is 0 Å². The van der Waals surface area contributed by atoms with E-state index in [9.17, 15) is 9.59 Å². The molecule has 3 rings (SSSR count). The van der Waals surface area contributed by atoms with Crippen molar-refractivity contribution in [3.05, 3.63) is 40.4 Å². The van der Waals surface area contributed by atoms with E-state index in [1.54, 1.807) is 6.07 Å². The van der Waals surface area contributed by atoms with Crippen LogP contribution in [-0.4, -0.2) is 33.4 Å². The first-order chi connectivity index (χ1) is 10.2. The number of nitrogens with zero attached hydrogens (tertiary/aromatic N) is 3. The molecule has 2 heterocycles. The Morgan fingerprint density at radius 1 is 1.24 bits per heavy atom. The summed E-state index contributed by atoms with van der Waals surface area (Å²) in [5, 5.41) is 0.573. The molecule has 0 radical (unpaired) electrons. The molecule has 1 aliphatic rings. The van der Waals surface area contributed by atoms with E-state index in [0.717, 1.165) is 25.9 Å². The molecule has 110 valence electrons. The second-order valence-corrected chi connectivity index (χ2v) is 5.38. The van der Waals surface area contributed by atoms with Gasteiger partial charge in [0.05, 0.1) is 10.9 Å². The van der Waals surface area contributed by atoms with Crippen molar-refractivity contribution in [1.82, 2.24) is 14.5 Å². The first-order valence-electron chi connectivity index (χ1n) is 7.47. The van der Waals surface area contributed by atoms with Crippen molar-refractivity contribution in [1.29, 1.82) is 0 Å². The summed E-state index contributed by atoms with van der Waals surface area (Å²) in [7, 11) is 0. The molecule has 0 aliphatic carbocycles. The molecule has 0 spiro atoms. The summed E-state index contributed by atoms with van der Waals surface area (Å²) in [6.45, 7) is 3.65. The molecule has 1 saturated heterocycles. The van der Waals surface area contributed by atoms with Gasteiger partial charge in [0.1, 0.15) is 12.4 Å². The fraction of sp³-hybridized carbons (Fsp3) is 0.438. The van der Waals surface area contributed by atoms with Crippen LogP contribution < -0.4 is 5.56 Å². The van der Waals surface area contributed by atoms with Gasteiger partial charge in [0, 0.05) is 19.5 Å². The van der Waals surface area contributed by atoms with Gasteiger partial charge in [0.25, 0.3) is 5.56 Å². The molecular formula is C16H19N3O2. The van der Waals surface area contributed by atoms with Crippen LogP contribution in [0, 0.1) is 0 Å². The SMILES string of the molecule is CCc1nc2ccccc2c(=O)n1CC(=O)N1CCCC1. The summed E-state index contributed by atoms with van der Waals surface area (Å²) in [5.74, 6) is 0.688. The maximum Gasteiger partial charge on any atom is 0.261 e. The lowest BCUT2D eigenvalue weighted by atomic mass is 10.2. The molecule has 0 N–H and O–H groups in total. The number of carbonyl (C=O) groups is 1. The highest BCUT2D eigenvalue weighted by atomic mass is 16.2. The molecule has 1 aromatic heterocycles. The molecule has 0 saturated carbocycles. The van der Waals surface area contributed by atoms with Gasteiger partial charge < -0.3 is 4.90 Å². The molecule has 1 amide bonds. The van der Waals surface area contributed by atoms with E-state index in [1.165, 1.54) is 4.57 Å². The zero-order chi connectivity index (χ0) is 14.8. The molecule has 5 heteroatoms. The van der Waals surface area contributed by atoms with Crippen LogP contribution in [0.15, 0.2) is 29.1 Å². The summed E-state index contributed by atoms with van der Waals surface area (Å²) >= 11 is 0. The Morgan fingerprint density at radius 2 is 1.95 bits per heavy atom. The molecule has 0 unspecified atom stereocenters. The van der Waals surface area contributed by atoms with Gasteiger partial charge in [-0.15, -0.1) is 0 Å². The summed E-state index contributed by atoms with van der Waals surface area (Å²) in [5.41, 5.74) is 0.578. The van der Waals surface area contributed by atoms with Gasteiger partial charge in [-0.1, -0.05) is 19.1 Å². The van der Waals surface area contributed by atoms with Gasteiger partial charge in [-0.05, 0) is 25.0 Å². The lowest BCUT2D eigenvalue weighted by molar-refractivity contribution is -0.130. The third-order valence-corrected chi connectivity index (χ3v) is 4.01. The highest BCUT2D eigenvalue weighted by molar-refractivity contribution is 5.79. The molecule has 0 atom stereocenters. The number of hydrogen-bond donors (Lipinski definition) is 0. The Labute approximate surface area is 123 Å². The second kappa shape index (κ2) is 5.68. The number of aryl methyl sites for hydroxylation is 1. The zero-order valence-electron chi connectivity index (χ0n) is 12.2. The monoisotopic (exact) mass is 285 g/mol. The predicted octanol–water partition coefficient (Wildman–Crippen LogP) is 1.58. The average molecular weight is 285 g/mol. The van der Waals surface area contributed by atoms with E-state index in [0.29, 0.717) is 23.1 Å². The van der Waals surface area contributed by atoms with Crippen molar-refractivity contribution in [2.75, 3.05) is 13.1 Å². The van der Waals surface area contributed by atoms with Crippen LogP contribution in [0.3, 0.4) is 0 Å². The van der Waals surface area contributed by atoms with Gasteiger partial charge in [-0.2, -0.15) is 0 Å². The highest BCUT2D eigenvalue weighted by Gasteiger charge is 2.20. The van der Waals surface area contributed by atoms with Crippen LogP contribution in [0.5, 0.6) is 0 Å². The fourth-order valence-electron chi connectivity index (χ4n) is 2.85. The summed E-state index contributed by atoms with van der Waals surface area (Å²) < 4.78 is 1.53. The Kier molecular flexibility index (Phi) is 3.73. The fourth-order valence-corrected chi connectivity index (χ4v) is 2.85. The zero-order valence-corrected chi connectivity index (χ0v) is 12.2. The molecule has 1 aromatic carbocycles. The van der Waals surface area contributed by atoms with Gasteiger partial charge in [-0.3, -0.25) is 14.2 Å². The minimum Gasteiger partial charge on any atom is -0.341 e. The minimum atomic E-state index is -0.120. The van der Waals surface area contributed by atoms with E-state index >= 15 is 0 Å². The maximum absolute atomic E-state index is 12.6. The quantitative estimate of drug-likeness (QED) is 0.860. The smallest absolute Gasteiger partial charge is 0.261 e. The summed E-state index contributed by atoms with van der Waals surface area (Å²) in [4.78, 5) is 31.3. The number of rotatable bonds is 3. The number of benzene rings is 1. The standard InChI is InChI=1S/C16H19N3O2/c1-2-14-17-13-8-4-3-7-12(13)16(21)19(14)11-15(20)18-9-5-6-10-18/h3-4,7-8H,2,5-6,9-11H2,1H3. The second-order valence-electron chi connectivity index (χ2n) is 5.38. The van der Waals surface area contributed by atoms with E-state index in [2.05, 4.69) is 4.98 Å². The third-order valence-electron chi connectivity index (χ3n) is 4.01. The number of aromatic nitrogens is 2. The molecule has 5 nitrogen and oxygen atoms in total. The van der Waals surface area contributed by atoms with Crippen LogP contribution >= 0.6 is 0 Å². The largest absolute Gasteiger partial charge is 0.341 e. The molecular weight excluding hydrogens is 266 g/mol. The Balaban J connectivity index is 2.02. The van der Waals surface area contributed by atoms with Crippen LogP contribution in [0.1, 0.15) is 25.6 Å². The van der Waals surface area contributed by atoms with Crippen molar-refractivity contribution < 1.29 is 4.79 Å². The number of para-hydroxylation sites is 1. The van der Waals surface area contributed by atoms with E-state index in [4.69, 9.17) is 0 Å². The van der Waals surface area contributed by atoms with Gasteiger partial charge in [-0.25, -0.2) is 4.98 Å².